The summed E-state index contributed by atoms with van der Waals surface area (Å²) in [6.07, 6.45) is -51.1. The summed E-state index contributed by atoms with van der Waals surface area (Å²) in [6.45, 7) is 0. The molecule has 7 rings (SSSR count). The van der Waals surface area contributed by atoms with Crippen LogP contribution in [0.4, 0.5) is 105 Å². The molecule has 0 unspecified atom stereocenters. The maximum atomic E-state index is 14.2. The number of hydrogen-bond donors (Lipinski definition) is 0. The van der Waals surface area contributed by atoms with Crippen LogP contribution < -0.4 is 31.4 Å². The van der Waals surface area contributed by atoms with Gasteiger partial charge in [0.25, 0.3) is 0 Å². The highest BCUT2D eigenvalue weighted by molar-refractivity contribution is 7.20. The minimum atomic E-state index is -6.13. The normalized spacial score (nSPS) is 13.4. The Labute approximate surface area is 409 Å². The zero-order chi connectivity index (χ0) is 56.3. The molecule has 0 aliphatic heterocycles. The van der Waals surface area contributed by atoms with Gasteiger partial charge in [-0.3, -0.25) is 0 Å². The van der Waals surface area contributed by atoms with Crippen molar-refractivity contribution in [3.63, 3.8) is 0 Å². The van der Waals surface area contributed by atoms with Gasteiger partial charge in [-0.15, -0.1) is 0 Å². The van der Waals surface area contributed by atoms with Crippen molar-refractivity contribution < 1.29 is 115 Å². The first-order valence-corrected chi connectivity index (χ1v) is 20.7. The molecule has 1 heterocycles. The summed E-state index contributed by atoms with van der Waals surface area (Å²) in [5, 5.41) is 2.71. The van der Waals surface area contributed by atoms with Gasteiger partial charge in [0.2, 0.25) is 18.1 Å². The predicted molar refractivity (Wildman–Crippen MR) is 222 cm³/mol. The number of pyridine rings is 1. The van der Waals surface area contributed by atoms with Gasteiger partial charge in [-0.05, 0) is 35.7 Å². The first kappa shape index (κ1) is 57.5. The van der Waals surface area contributed by atoms with Crippen molar-refractivity contribution >= 4 is 50.4 Å². The molecule has 75 heavy (non-hydrogen) atoms. The van der Waals surface area contributed by atoms with Gasteiger partial charge in [0.05, 0.1) is 49.5 Å². The third-order valence-corrected chi connectivity index (χ3v) is 11.5. The van der Waals surface area contributed by atoms with E-state index in [9.17, 15) is 105 Å². The van der Waals surface area contributed by atoms with Gasteiger partial charge in [0, 0.05) is 22.2 Å². The third kappa shape index (κ3) is 12.8. The monoisotopic (exact) mass is 1120 g/mol. The van der Waals surface area contributed by atoms with Gasteiger partial charge in [0.1, 0.15) is 6.15 Å². The van der Waals surface area contributed by atoms with Crippen LogP contribution in [0.1, 0.15) is 44.5 Å². The van der Waals surface area contributed by atoms with E-state index in [2.05, 4.69) is 0 Å². The van der Waals surface area contributed by atoms with E-state index in [4.69, 9.17) is 16.4 Å². The molecule has 400 valence electrons. The van der Waals surface area contributed by atoms with Crippen LogP contribution in [0.25, 0.3) is 10.8 Å². The molecule has 0 aliphatic carbocycles. The lowest BCUT2D eigenvalue weighted by Crippen LogP contribution is -2.75. The standard InChI is InChI=1S/C32H12BF24.C15H11ClNO/c34-25(35,36)13-1-14(26(37,38)39)6-21(5-13)33(22-7-15(27(40,41)42)2-16(8-22)28(43,44)45,23-9-17(29(46,47)48)3-18(10-23)30(49,50)51)24-11-19(31(52,53)54)4-20(12-24)32(55,56)57;16-14-9-8-12-6-2-3-7-13(12)15(14)18-17-10-4-1-5-11-17/h1-12H;1-11H/q-1;+1. The number of alkyl halides is 24. The van der Waals surface area contributed by atoms with E-state index in [0.29, 0.717) is 10.8 Å². The highest BCUT2D eigenvalue weighted by atomic mass is 35.5. The number of fused-ring (bicyclic) bond motifs is 1. The molecule has 0 bridgehead atoms. The minimum Gasteiger partial charge on any atom is -0.229 e. The highest BCUT2D eigenvalue weighted by Crippen LogP contribution is 2.42. The molecule has 0 saturated carbocycles. The van der Waals surface area contributed by atoms with Crippen molar-refractivity contribution in [1.29, 1.82) is 0 Å². The Hall–Kier alpha value is -6.80. The van der Waals surface area contributed by atoms with E-state index in [0.717, 1.165) is 10.8 Å². The van der Waals surface area contributed by atoms with E-state index in [1.807, 2.05) is 67.0 Å². The number of benzene rings is 6. The maximum absolute atomic E-state index is 14.2. The summed E-state index contributed by atoms with van der Waals surface area (Å²) in [5.74, 6) is 0.672. The van der Waals surface area contributed by atoms with E-state index in [-0.39, 0.29) is 0 Å². The first-order chi connectivity index (χ1) is 34.1. The van der Waals surface area contributed by atoms with Gasteiger partial charge in [-0.1, -0.05) is 96.5 Å². The molecule has 0 saturated heterocycles. The van der Waals surface area contributed by atoms with Crippen LogP contribution in [0.2, 0.25) is 5.02 Å². The topological polar surface area (TPSA) is 13.1 Å². The van der Waals surface area contributed by atoms with Crippen LogP contribution in [-0.4, -0.2) is 6.15 Å². The summed E-state index contributed by atoms with van der Waals surface area (Å²) in [7, 11) is 0. The van der Waals surface area contributed by atoms with Gasteiger partial charge in [-0.25, -0.2) is 4.84 Å². The zero-order valence-corrected chi connectivity index (χ0v) is 36.9. The second-order valence-corrected chi connectivity index (χ2v) is 16.6. The Balaban J connectivity index is 0.000000421. The Kier molecular flexibility index (Phi) is 15.1. The van der Waals surface area contributed by atoms with Crippen LogP contribution in [0.3, 0.4) is 0 Å². The molecule has 0 spiro atoms. The molecule has 7 aromatic rings. The Bertz CT molecular complexity index is 2770. The molecule has 2 nitrogen and oxygen atoms in total. The van der Waals surface area contributed by atoms with E-state index >= 15 is 0 Å². The molecule has 0 amide bonds. The molecular weight excluding hydrogens is 1100 g/mol. The summed E-state index contributed by atoms with van der Waals surface area (Å²) in [4.78, 5) is 5.81. The fraction of sp³-hybridized carbons (Fsp3) is 0.170. The fourth-order valence-corrected chi connectivity index (χ4v) is 8.13. The Morgan fingerprint density at radius 3 is 0.853 bits per heavy atom. The number of aromatic nitrogens is 1. The Morgan fingerprint density at radius 2 is 0.587 bits per heavy atom. The lowest BCUT2D eigenvalue weighted by atomic mass is 9.12. The van der Waals surface area contributed by atoms with E-state index in [1.54, 1.807) is 4.73 Å². The molecule has 28 heteroatoms. The number of hydrogen-bond acceptors (Lipinski definition) is 1. The molecule has 0 fully saturated rings. The van der Waals surface area contributed by atoms with Crippen LogP contribution >= 0.6 is 11.6 Å². The average molecular weight is 1120 g/mol. The lowest BCUT2D eigenvalue weighted by Gasteiger charge is -2.46. The van der Waals surface area contributed by atoms with Crippen molar-refractivity contribution in [2.24, 2.45) is 0 Å². The van der Waals surface area contributed by atoms with Crippen LogP contribution in [0.15, 0.2) is 140 Å². The predicted octanol–water partition coefficient (Wildman–Crippen LogP) is 14.8. The number of halogens is 25. The van der Waals surface area contributed by atoms with Crippen molar-refractivity contribution in [2.75, 3.05) is 0 Å². The van der Waals surface area contributed by atoms with Gasteiger partial charge >= 0.3 is 49.4 Å². The zero-order valence-electron chi connectivity index (χ0n) is 36.2. The average Bonchev–Trinajstić information content (AvgIpc) is 3.28. The van der Waals surface area contributed by atoms with Crippen molar-refractivity contribution in [2.45, 2.75) is 49.4 Å². The van der Waals surface area contributed by atoms with Crippen LogP contribution in [0.5, 0.6) is 5.75 Å². The van der Waals surface area contributed by atoms with Crippen molar-refractivity contribution in [3.05, 3.63) is 189 Å². The largest absolute Gasteiger partial charge is 0.416 e. The van der Waals surface area contributed by atoms with Gasteiger partial charge < -0.3 is 0 Å². The molecule has 0 atom stereocenters. The van der Waals surface area contributed by atoms with Crippen molar-refractivity contribution in [3.8, 4) is 5.75 Å². The molecule has 0 N–H and O–H groups in total. The first-order valence-electron chi connectivity index (χ1n) is 20.3. The minimum absolute atomic E-state index is 0.602. The smallest absolute Gasteiger partial charge is 0.229 e. The molecule has 0 aliphatic rings. The highest BCUT2D eigenvalue weighted by Gasteiger charge is 2.47. The molecule has 1 aromatic heterocycles. The van der Waals surface area contributed by atoms with Crippen molar-refractivity contribution in [1.82, 2.24) is 0 Å². The molecular formula is C47H23BClF24NO. The molecule has 6 aromatic carbocycles. The summed E-state index contributed by atoms with van der Waals surface area (Å²) >= 11 is 6.21. The van der Waals surface area contributed by atoms with E-state index < -0.39 is 195 Å². The Morgan fingerprint density at radius 1 is 0.320 bits per heavy atom. The quantitative estimate of drug-likeness (QED) is 0.0919. The molecule has 0 radical (unpaired) electrons. The SMILES string of the molecule is Clc1ccc2ccccc2c1O[n+]1ccccc1.FC(F)(F)c1cc([B-](c2cc(C(F)(F)F)cc(C(F)(F)F)c2)(c2cc(C(F)(F)F)cc(C(F)(F)F)c2)c2cc(C(F)(F)F)cc(C(F)(F)F)c2)cc(C(F)(F)F)c1. The maximum Gasteiger partial charge on any atom is 0.416 e. The van der Waals surface area contributed by atoms with Crippen LogP contribution in [-0.2, 0) is 49.4 Å². The second kappa shape index (κ2) is 19.7. The van der Waals surface area contributed by atoms with E-state index in [1.165, 1.54) is 0 Å². The van der Waals surface area contributed by atoms with Crippen LogP contribution in [0, 0.1) is 0 Å². The van der Waals surface area contributed by atoms with Gasteiger partial charge in [-0.2, -0.15) is 127 Å². The van der Waals surface area contributed by atoms with Gasteiger partial charge in [0.15, 0.2) is 0 Å². The fourth-order valence-electron chi connectivity index (χ4n) is 7.93. The summed E-state index contributed by atoms with van der Waals surface area (Å²) in [6, 6.07) is 8.77. The summed E-state index contributed by atoms with van der Waals surface area (Å²) < 4.78 is 342. The number of rotatable bonds is 6. The third-order valence-electron chi connectivity index (χ3n) is 11.2. The number of nitrogens with zero attached hydrogens (tertiary/aromatic N) is 1. The summed E-state index contributed by atoms with van der Waals surface area (Å²) in [5.41, 5.74) is -30.2. The lowest BCUT2D eigenvalue weighted by molar-refractivity contribution is -0.874. The second-order valence-electron chi connectivity index (χ2n) is 16.1.